The third-order valence-electron chi connectivity index (χ3n) is 3.77. The highest BCUT2D eigenvalue weighted by Gasteiger charge is 2.16. The molecule has 0 fully saturated rings. The number of likely N-dealkylation sites (N-methyl/N-ethyl adjacent to an activating group) is 1. The number of rotatable bonds is 5. The van der Waals surface area contributed by atoms with Gasteiger partial charge in [-0.05, 0) is 36.1 Å². The van der Waals surface area contributed by atoms with Crippen LogP contribution in [-0.4, -0.2) is 16.3 Å². The Kier molecular flexibility index (Phi) is 4.84. The molecular weight excluding hydrogens is 258 g/mol. The van der Waals surface area contributed by atoms with Crippen molar-refractivity contribution in [3.05, 3.63) is 53.3 Å². The Labute approximate surface area is 128 Å². The predicted octanol–water partition coefficient (Wildman–Crippen LogP) is 3.84. The summed E-state index contributed by atoms with van der Waals surface area (Å²) in [6.45, 7) is 12.7. The van der Waals surface area contributed by atoms with E-state index in [0.717, 1.165) is 18.8 Å². The zero-order chi connectivity index (χ0) is 15.5. The molecule has 1 aromatic heterocycles. The average Bonchev–Trinajstić information content (AvgIpc) is 2.83. The van der Waals surface area contributed by atoms with Crippen molar-refractivity contribution in [2.75, 3.05) is 6.54 Å². The van der Waals surface area contributed by atoms with Crippen LogP contribution in [0.4, 0.5) is 0 Å². The van der Waals surface area contributed by atoms with Crippen molar-refractivity contribution in [2.24, 2.45) is 0 Å². The number of nitrogens with one attached hydrogen (secondary N) is 1. The van der Waals surface area contributed by atoms with Crippen molar-refractivity contribution in [2.45, 2.75) is 52.6 Å². The fourth-order valence-electron chi connectivity index (χ4n) is 2.50. The fraction of sp³-hybridized carbons (Fsp3) is 0.500. The number of hydrogen-bond donors (Lipinski definition) is 1. The number of aryl methyl sites for hydroxylation is 1. The lowest BCUT2D eigenvalue weighted by molar-refractivity contribution is 0.446. The van der Waals surface area contributed by atoms with Gasteiger partial charge in [0.2, 0.25) is 0 Å². The quantitative estimate of drug-likeness (QED) is 0.904. The van der Waals surface area contributed by atoms with E-state index in [2.05, 4.69) is 62.4 Å². The summed E-state index contributed by atoms with van der Waals surface area (Å²) in [6, 6.07) is 11.3. The highest BCUT2D eigenvalue weighted by molar-refractivity contribution is 5.29. The topological polar surface area (TPSA) is 29.9 Å². The van der Waals surface area contributed by atoms with Crippen molar-refractivity contribution >= 4 is 0 Å². The number of nitrogens with zero attached hydrogens (tertiary/aromatic N) is 2. The van der Waals surface area contributed by atoms with Crippen LogP contribution >= 0.6 is 0 Å². The predicted molar refractivity (Wildman–Crippen MR) is 88.5 cm³/mol. The van der Waals surface area contributed by atoms with E-state index in [1.165, 1.54) is 11.1 Å². The van der Waals surface area contributed by atoms with Crippen molar-refractivity contribution < 1.29 is 0 Å². The summed E-state index contributed by atoms with van der Waals surface area (Å²) in [7, 11) is 0. The van der Waals surface area contributed by atoms with Gasteiger partial charge in [-0.2, -0.15) is 5.10 Å². The van der Waals surface area contributed by atoms with Crippen LogP contribution in [0.25, 0.3) is 0 Å². The molecule has 114 valence electrons. The molecule has 0 spiro atoms. The van der Waals surface area contributed by atoms with Crippen LogP contribution < -0.4 is 5.32 Å². The fourth-order valence-corrected chi connectivity index (χ4v) is 2.50. The summed E-state index contributed by atoms with van der Waals surface area (Å²) in [5, 5.41) is 8.05. The molecule has 0 saturated heterocycles. The second kappa shape index (κ2) is 6.44. The molecule has 1 N–H and O–H groups in total. The van der Waals surface area contributed by atoms with Crippen molar-refractivity contribution in [1.82, 2.24) is 15.1 Å². The Hall–Kier alpha value is -1.61. The van der Waals surface area contributed by atoms with Gasteiger partial charge in [0.25, 0.3) is 0 Å². The van der Waals surface area contributed by atoms with E-state index in [1.807, 2.05) is 23.9 Å². The smallest absolute Gasteiger partial charge is 0.0604 e. The van der Waals surface area contributed by atoms with Gasteiger partial charge in [0.1, 0.15) is 0 Å². The van der Waals surface area contributed by atoms with Gasteiger partial charge in [-0.25, -0.2) is 0 Å². The summed E-state index contributed by atoms with van der Waals surface area (Å²) >= 11 is 0. The lowest BCUT2D eigenvalue weighted by atomic mass is 9.86. The van der Waals surface area contributed by atoms with E-state index >= 15 is 0 Å². The molecule has 0 aliphatic carbocycles. The van der Waals surface area contributed by atoms with Gasteiger partial charge >= 0.3 is 0 Å². The molecule has 1 aromatic carbocycles. The molecular formula is C18H27N3. The summed E-state index contributed by atoms with van der Waals surface area (Å²) < 4.78 is 2.01. The highest BCUT2D eigenvalue weighted by atomic mass is 15.3. The molecule has 1 atom stereocenters. The minimum absolute atomic E-state index is 0.200. The minimum atomic E-state index is 0.200. The molecule has 1 heterocycles. The van der Waals surface area contributed by atoms with Crippen LogP contribution in [-0.2, 0) is 12.0 Å². The van der Waals surface area contributed by atoms with Crippen LogP contribution in [0.3, 0.4) is 0 Å². The molecule has 3 nitrogen and oxygen atoms in total. The minimum Gasteiger partial charge on any atom is -0.309 e. The van der Waals surface area contributed by atoms with Crippen molar-refractivity contribution in [1.29, 1.82) is 0 Å². The third kappa shape index (κ3) is 4.18. The largest absolute Gasteiger partial charge is 0.309 e. The van der Waals surface area contributed by atoms with Crippen LogP contribution in [0.1, 0.15) is 50.6 Å². The molecule has 0 aliphatic heterocycles. The first-order valence-corrected chi connectivity index (χ1v) is 7.74. The van der Waals surface area contributed by atoms with Gasteiger partial charge < -0.3 is 5.32 Å². The molecule has 0 saturated carbocycles. The lowest BCUT2D eigenvalue weighted by Gasteiger charge is -2.22. The maximum Gasteiger partial charge on any atom is 0.0604 e. The Morgan fingerprint density at radius 3 is 2.29 bits per heavy atom. The van der Waals surface area contributed by atoms with E-state index in [-0.39, 0.29) is 5.41 Å². The van der Waals surface area contributed by atoms with E-state index in [9.17, 15) is 0 Å². The molecule has 0 amide bonds. The second-order valence-corrected chi connectivity index (χ2v) is 6.66. The van der Waals surface area contributed by atoms with Crippen LogP contribution in [0.15, 0.2) is 36.5 Å². The van der Waals surface area contributed by atoms with E-state index in [0.29, 0.717) is 6.04 Å². The normalized spacial score (nSPS) is 13.4. The Balaban J connectivity index is 2.17. The van der Waals surface area contributed by atoms with E-state index in [4.69, 9.17) is 0 Å². The summed E-state index contributed by atoms with van der Waals surface area (Å²) in [5.74, 6) is 0. The number of benzene rings is 1. The third-order valence-corrected chi connectivity index (χ3v) is 3.77. The van der Waals surface area contributed by atoms with Gasteiger partial charge in [-0.3, -0.25) is 4.68 Å². The molecule has 21 heavy (non-hydrogen) atoms. The maximum absolute atomic E-state index is 4.49. The summed E-state index contributed by atoms with van der Waals surface area (Å²) in [4.78, 5) is 0. The first-order chi connectivity index (χ1) is 9.90. The Morgan fingerprint density at radius 2 is 1.81 bits per heavy atom. The highest BCUT2D eigenvalue weighted by Crippen LogP contribution is 2.24. The molecule has 2 aromatic rings. The second-order valence-electron chi connectivity index (χ2n) is 6.66. The van der Waals surface area contributed by atoms with Gasteiger partial charge in [-0.1, -0.05) is 52.0 Å². The zero-order valence-electron chi connectivity index (χ0n) is 13.9. The first-order valence-electron chi connectivity index (χ1n) is 7.74. The van der Waals surface area contributed by atoms with Crippen LogP contribution in [0.5, 0.6) is 0 Å². The summed E-state index contributed by atoms with van der Waals surface area (Å²) in [5.41, 5.74) is 3.95. The zero-order valence-corrected chi connectivity index (χ0v) is 13.9. The van der Waals surface area contributed by atoms with Gasteiger partial charge in [-0.15, -0.1) is 0 Å². The molecule has 0 bridgehead atoms. The maximum atomic E-state index is 4.49. The number of hydrogen-bond acceptors (Lipinski definition) is 2. The van der Waals surface area contributed by atoms with Gasteiger partial charge in [0, 0.05) is 6.20 Å². The first kappa shape index (κ1) is 15.8. The van der Waals surface area contributed by atoms with Crippen molar-refractivity contribution in [3.8, 4) is 0 Å². The molecule has 0 aliphatic rings. The molecule has 3 heteroatoms. The monoisotopic (exact) mass is 285 g/mol. The van der Waals surface area contributed by atoms with Crippen LogP contribution in [0, 0.1) is 6.92 Å². The van der Waals surface area contributed by atoms with Gasteiger partial charge in [0.05, 0.1) is 18.3 Å². The molecule has 0 radical (unpaired) electrons. The van der Waals surface area contributed by atoms with Gasteiger partial charge in [0.15, 0.2) is 0 Å². The lowest BCUT2D eigenvalue weighted by Crippen LogP contribution is -2.25. The Morgan fingerprint density at radius 1 is 1.14 bits per heavy atom. The molecule has 1 unspecified atom stereocenters. The number of aromatic nitrogens is 2. The van der Waals surface area contributed by atoms with Crippen molar-refractivity contribution in [3.63, 3.8) is 0 Å². The van der Waals surface area contributed by atoms with Crippen LogP contribution in [0.2, 0.25) is 0 Å². The average molecular weight is 285 g/mol. The van der Waals surface area contributed by atoms with E-state index < -0.39 is 0 Å². The SMILES string of the molecule is CCNC(Cn1ccc(C)n1)c1ccc(C(C)(C)C)cc1. The van der Waals surface area contributed by atoms with E-state index in [1.54, 1.807) is 0 Å². The molecule has 2 rings (SSSR count). The standard InChI is InChI=1S/C18H27N3/c1-6-19-17(13-21-12-11-14(2)20-21)15-7-9-16(10-8-15)18(3,4)5/h7-12,17,19H,6,13H2,1-5H3. The Bertz CT molecular complexity index is 561. The summed E-state index contributed by atoms with van der Waals surface area (Å²) in [6.07, 6.45) is 2.04.